The fourth-order valence-corrected chi connectivity index (χ4v) is 3.75. The first-order chi connectivity index (χ1) is 11.8. The number of aromatic hydroxyl groups is 1. The van der Waals surface area contributed by atoms with Crippen molar-refractivity contribution in [3.63, 3.8) is 0 Å². The summed E-state index contributed by atoms with van der Waals surface area (Å²) in [4.78, 5) is 24.1. The van der Waals surface area contributed by atoms with Gasteiger partial charge in [-0.15, -0.1) is 0 Å². The smallest absolute Gasteiger partial charge is 0.338 e. The Kier molecular flexibility index (Phi) is 6.49. The third-order valence-electron chi connectivity index (χ3n) is 3.70. The molecule has 2 atom stereocenters. The van der Waals surface area contributed by atoms with Crippen molar-refractivity contribution in [2.24, 2.45) is 0 Å². The lowest BCUT2D eigenvalue weighted by Gasteiger charge is -2.22. The summed E-state index contributed by atoms with van der Waals surface area (Å²) in [7, 11) is 1.43. The predicted molar refractivity (Wildman–Crippen MR) is 97.6 cm³/mol. The molecule has 0 bridgehead atoms. The lowest BCUT2D eigenvalue weighted by molar-refractivity contribution is -0.138. The van der Waals surface area contributed by atoms with Gasteiger partial charge in [0.2, 0.25) is 0 Å². The fourth-order valence-electron chi connectivity index (χ4n) is 2.41. The van der Waals surface area contributed by atoms with Gasteiger partial charge in [-0.1, -0.05) is 12.2 Å². The van der Waals surface area contributed by atoms with E-state index in [-0.39, 0.29) is 35.3 Å². The molecule has 0 fully saturated rings. The number of esters is 1. The van der Waals surface area contributed by atoms with Crippen molar-refractivity contribution in [2.75, 3.05) is 19.5 Å². The van der Waals surface area contributed by atoms with Crippen LogP contribution < -0.4 is 10.1 Å². The number of hydrogen-bond acceptors (Lipinski definition) is 7. The molecule has 1 heterocycles. The number of thioether (sulfide) groups is 1. The maximum atomic E-state index is 12.4. The van der Waals surface area contributed by atoms with Crippen LogP contribution in [-0.2, 0) is 9.53 Å². The van der Waals surface area contributed by atoms with Gasteiger partial charge >= 0.3 is 11.9 Å². The lowest BCUT2D eigenvalue weighted by Crippen LogP contribution is -2.42. The summed E-state index contributed by atoms with van der Waals surface area (Å²) in [5.74, 6) is -1.15. The van der Waals surface area contributed by atoms with E-state index in [0.29, 0.717) is 16.3 Å². The molecule has 2 rings (SSSR count). The SMILES string of the molecule is COc1cc(O)c2c(c1)C(=O)OCCC(=S)N[C@H](C(=O)O)CSC2C. The number of thiocarbonyl (C=S) groups is 1. The number of carboxylic acid groups (broad SMARTS) is 1. The first-order valence-electron chi connectivity index (χ1n) is 7.55. The number of ether oxygens (including phenoxy) is 2. The summed E-state index contributed by atoms with van der Waals surface area (Å²) < 4.78 is 10.3. The van der Waals surface area contributed by atoms with Gasteiger partial charge in [0.25, 0.3) is 0 Å². The number of phenols is 1. The van der Waals surface area contributed by atoms with Crippen LogP contribution in [0.15, 0.2) is 12.1 Å². The van der Waals surface area contributed by atoms with Gasteiger partial charge in [0.15, 0.2) is 0 Å². The van der Waals surface area contributed by atoms with Crippen molar-refractivity contribution in [3.8, 4) is 11.5 Å². The summed E-state index contributed by atoms with van der Waals surface area (Å²) in [5, 5.41) is 22.1. The second kappa shape index (κ2) is 8.39. The molecule has 0 saturated carbocycles. The summed E-state index contributed by atoms with van der Waals surface area (Å²) in [6.45, 7) is 1.79. The molecule has 0 spiro atoms. The molecular formula is C16H19NO6S2. The normalized spacial score (nSPS) is 21.8. The number of carbonyl (C=O) groups is 2. The number of benzene rings is 1. The summed E-state index contributed by atoms with van der Waals surface area (Å²) in [6.07, 6.45) is 0.219. The molecule has 0 amide bonds. The first-order valence-corrected chi connectivity index (χ1v) is 9.01. The molecule has 0 radical (unpaired) electrons. The number of carboxylic acids is 1. The highest BCUT2D eigenvalue weighted by Gasteiger charge is 2.26. The fraction of sp³-hybridized carbons (Fsp3) is 0.438. The minimum Gasteiger partial charge on any atom is -0.507 e. The molecule has 0 aliphatic carbocycles. The number of methoxy groups -OCH3 is 1. The largest absolute Gasteiger partial charge is 0.507 e. The van der Waals surface area contributed by atoms with E-state index in [1.165, 1.54) is 31.0 Å². The van der Waals surface area contributed by atoms with Crippen LogP contribution in [0.25, 0.3) is 0 Å². The van der Waals surface area contributed by atoms with Crippen molar-refractivity contribution < 1.29 is 29.3 Å². The van der Waals surface area contributed by atoms with Crippen LogP contribution in [-0.4, -0.2) is 52.7 Å². The van der Waals surface area contributed by atoms with Crippen LogP contribution in [0.4, 0.5) is 0 Å². The highest BCUT2D eigenvalue weighted by molar-refractivity contribution is 7.99. The van der Waals surface area contributed by atoms with E-state index in [2.05, 4.69) is 5.32 Å². The van der Waals surface area contributed by atoms with Gasteiger partial charge in [0.05, 0.1) is 24.3 Å². The zero-order chi connectivity index (χ0) is 18.6. The Bertz CT molecular complexity index is 693. The highest BCUT2D eigenvalue weighted by atomic mass is 32.2. The van der Waals surface area contributed by atoms with Crippen LogP contribution in [0.2, 0.25) is 0 Å². The Hall–Kier alpha value is -2.00. The number of fused-ring (bicyclic) bond motifs is 1. The molecule has 25 heavy (non-hydrogen) atoms. The second-order valence-corrected chi connectivity index (χ2v) is 7.29. The van der Waals surface area contributed by atoms with Crippen molar-refractivity contribution in [2.45, 2.75) is 24.6 Å². The molecule has 0 aromatic heterocycles. The average molecular weight is 385 g/mol. The summed E-state index contributed by atoms with van der Waals surface area (Å²) in [6, 6.07) is 2.06. The highest BCUT2D eigenvalue weighted by Crippen LogP contribution is 2.39. The van der Waals surface area contributed by atoms with Gasteiger partial charge in [0.1, 0.15) is 17.5 Å². The van der Waals surface area contributed by atoms with E-state index in [9.17, 15) is 19.8 Å². The Balaban J connectivity index is 2.42. The van der Waals surface area contributed by atoms with Crippen LogP contribution in [0.1, 0.15) is 34.5 Å². The molecule has 1 aromatic carbocycles. The van der Waals surface area contributed by atoms with Crippen molar-refractivity contribution in [3.05, 3.63) is 23.3 Å². The maximum absolute atomic E-state index is 12.4. The summed E-state index contributed by atoms with van der Waals surface area (Å²) >= 11 is 6.39. The number of hydrogen-bond donors (Lipinski definition) is 3. The molecule has 1 unspecified atom stereocenters. The molecule has 0 saturated heterocycles. The van der Waals surface area contributed by atoms with Crippen molar-refractivity contribution in [1.29, 1.82) is 0 Å². The Morgan fingerprint density at radius 2 is 2.20 bits per heavy atom. The van der Waals surface area contributed by atoms with Gasteiger partial charge in [-0.05, 0) is 13.0 Å². The number of carbonyl (C=O) groups excluding carboxylic acids is 1. The van der Waals surface area contributed by atoms with E-state index >= 15 is 0 Å². The number of cyclic esters (lactones) is 1. The molecule has 1 aromatic rings. The maximum Gasteiger partial charge on any atom is 0.338 e. The third-order valence-corrected chi connectivity index (χ3v) is 5.29. The van der Waals surface area contributed by atoms with E-state index in [0.717, 1.165) is 0 Å². The molecule has 7 nitrogen and oxygen atoms in total. The third kappa shape index (κ3) is 4.76. The Morgan fingerprint density at radius 1 is 1.48 bits per heavy atom. The number of aliphatic carboxylic acids is 1. The van der Waals surface area contributed by atoms with Gasteiger partial charge in [-0.25, -0.2) is 9.59 Å². The predicted octanol–water partition coefficient (Wildman–Crippen LogP) is 2.13. The first kappa shape index (κ1) is 19.3. The molecule has 9 heteroatoms. The molecule has 3 N–H and O–H groups in total. The van der Waals surface area contributed by atoms with E-state index in [4.69, 9.17) is 21.7 Å². The van der Waals surface area contributed by atoms with Gasteiger partial charge in [-0.2, -0.15) is 11.8 Å². The average Bonchev–Trinajstić information content (AvgIpc) is 2.56. The monoisotopic (exact) mass is 385 g/mol. The second-order valence-electron chi connectivity index (χ2n) is 5.43. The Labute approximate surface area is 154 Å². The van der Waals surface area contributed by atoms with Gasteiger partial charge in [-0.3, -0.25) is 0 Å². The number of rotatable bonds is 2. The quantitative estimate of drug-likeness (QED) is 0.521. The van der Waals surface area contributed by atoms with E-state index < -0.39 is 18.0 Å². The molecule has 1 aliphatic rings. The van der Waals surface area contributed by atoms with Crippen molar-refractivity contribution >= 4 is 40.9 Å². The van der Waals surface area contributed by atoms with Gasteiger partial charge in [0, 0.05) is 29.1 Å². The Morgan fingerprint density at radius 3 is 2.84 bits per heavy atom. The van der Waals surface area contributed by atoms with Crippen LogP contribution in [0, 0.1) is 0 Å². The standard InChI is InChI=1S/C16H19NO6S2/c1-8-14-10(5-9(22-2)6-12(14)18)16(21)23-4-3-13(24)17-11(7-25-8)15(19)20/h5-6,8,11,18H,3-4,7H2,1-2H3,(H,17,24)(H,19,20)/t8?,11-/m0/s1. The van der Waals surface area contributed by atoms with Crippen molar-refractivity contribution in [1.82, 2.24) is 5.32 Å². The minimum atomic E-state index is -1.02. The lowest BCUT2D eigenvalue weighted by atomic mass is 10.0. The molecular weight excluding hydrogens is 366 g/mol. The minimum absolute atomic E-state index is 0.00986. The number of phenolic OH excluding ortho intramolecular Hbond substituents is 1. The van der Waals surface area contributed by atoms with Crippen LogP contribution >= 0.6 is 24.0 Å². The van der Waals surface area contributed by atoms with Crippen LogP contribution in [0.3, 0.4) is 0 Å². The topological polar surface area (TPSA) is 105 Å². The van der Waals surface area contributed by atoms with Gasteiger partial charge < -0.3 is 25.0 Å². The number of nitrogens with one attached hydrogen (secondary N) is 1. The zero-order valence-corrected chi connectivity index (χ0v) is 15.4. The van der Waals surface area contributed by atoms with Crippen LogP contribution in [0.5, 0.6) is 11.5 Å². The molecule has 1 aliphatic heterocycles. The zero-order valence-electron chi connectivity index (χ0n) is 13.8. The summed E-state index contributed by atoms with van der Waals surface area (Å²) in [5.41, 5.74) is 0.589. The van der Waals surface area contributed by atoms with E-state index in [1.54, 1.807) is 6.92 Å². The molecule has 136 valence electrons. The van der Waals surface area contributed by atoms with E-state index in [1.807, 2.05) is 0 Å².